The largest absolute Gasteiger partial charge is 0.341 e. The van der Waals surface area contributed by atoms with Gasteiger partial charge in [0.05, 0.1) is 11.6 Å². The van der Waals surface area contributed by atoms with Crippen molar-refractivity contribution in [2.45, 2.75) is 19.4 Å². The number of nitrogens with zero attached hydrogens (tertiary/aromatic N) is 3. The number of piperidine rings is 1. The molecule has 2 aliphatic heterocycles. The lowest BCUT2D eigenvalue weighted by Gasteiger charge is -2.35. The van der Waals surface area contributed by atoms with Crippen molar-refractivity contribution in [2.75, 3.05) is 37.7 Å². The number of halogens is 1. The van der Waals surface area contributed by atoms with E-state index in [2.05, 4.69) is 4.90 Å². The van der Waals surface area contributed by atoms with Gasteiger partial charge in [-0.3, -0.25) is 9.69 Å². The van der Waals surface area contributed by atoms with E-state index in [0.29, 0.717) is 23.6 Å². The third-order valence-corrected chi connectivity index (χ3v) is 5.78. The van der Waals surface area contributed by atoms with E-state index in [0.717, 1.165) is 50.5 Å². The summed E-state index contributed by atoms with van der Waals surface area (Å²) in [4.78, 5) is 16.8. The Balaban J connectivity index is 1.52. The van der Waals surface area contributed by atoms with Gasteiger partial charge in [0.2, 0.25) is 5.91 Å². The molecule has 24 heavy (non-hydrogen) atoms. The van der Waals surface area contributed by atoms with Crippen molar-refractivity contribution in [3.63, 3.8) is 0 Å². The second-order valence-corrected chi connectivity index (χ2v) is 7.63. The van der Waals surface area contributed by atoms with Crippen LogP contribution in [0.15, 0.2) is 18.2 Å². The molecule has 0 N–H and O–H groups in total. The summed E-state index contributed by atoms with van der Waals surface area (Å²) in [7, 11) is 0. The molecule has 0 atom stereocenters. The van der Waals surface area contributed by atoms with Crippen LogP contribution in [0.1, 0.15) is 24.0 Å². The quantitative estimate of drug-likeness (QED) is 0.843. The van der Waals surface area contributed by atoms with Crippen LogP contribution in [0.3, 0.4) is 0 Å². The van der Waals surface area contributed by atoms with Gasteiger partial charge in [-0.05, 0) is 38.1 Å². The van der Waals surface area contributed by atoms with Gasteiger partial charge in [-0.2, -0.15) is 17.0 Å². The monoisotopic (exact) mass is 347 g/mol. The Bertz CT molecular complexity index is 632. The third-order valence-electron chi connectivity index (χ3n) is 4.84. The number of amides is 1. The lowest BCUT2D eigenvalue weighted by atomic mass is 9.94. The average Bonchev–Trinajstić information content (AvgIpc) is 2.64. The van der Waals surface area contributed by atoms with Gasteiger partial charge in [0.25, 0.3) is 0 Å². The summed E-state index contributed by atoms with van der Waals surface area (Å²) in [5.41, 5.74) is 0.965. The van der Waals surface area contributed by atoms with E-state index in [1.54, 1.807) is 12.1 Å². The minimum Gasteiger partial charge on any atom is -0.341 e. The summed E-state index contributed by atoms with van der Waals surface area (Å²) < 4.78 is 14.0. The van der Waals surface area contributed by atoms with Crippen LogP contribution < -0.4 is 0 Å². The Morgan fingerprint density at radius 2 is 1.96 bits per heavy atom. The summed E-state index contributed by atoms with van der Waals surface area (Å²) in [5.74, 6) is 2.19. The maximum atomic E-state index is 14.0. The zero-order chi connectivity index (χ0) is 16.9. The van der Waals surface area contributed by atoms with Crippen LogP contribution in [-0.4, -0.2) is 53.4 Å². The van der Waals surface area contributed by atoms with Crippen molar-refractivity contribution in [3.05, 3.63) is 35.1 Å². The fourth-order valence-electron chi connectivity index (χ4n) is 3.37. The van der Waals surface area contributed by atoms with Gasteiger partial charge in [0.15, 0.2) is 0 Å². The normalized spacial score (nSPS) is 19.9. The van der Waals surface area contributed by atoms with Crippen LogP contribution in [0, 0.1) is 23.1 Å². The van der Waals surface area contributed by atoms with E-state index in [4.69, 9.17) is 5.26 Å². The van der Waals surface area contributed by atoms with Crippen molar-refractivity contribution in [1.29, 1.82) is 5.26 Å². The Morgan fingerprint density at radius 1 is 1.25 bits per heavy atom. The first kappa shape index (κ1) is 17.2. The van der Waals surface area contributed by atoms with Crippen molar-refractivity contribution in [2.24, 2.45) is 5.92 Å². The number of carbonyl (C=O) groups is 1. The molecular weight excluding hydrogens is 325 g/mol. The molecule has 0 bridgehead atoms. The molecule has 1 aromatic rings. The van der Waals surface area contributed by atoms with Crippen molar-refractivity contribution in [3.8, 4) is 6.07 Å². The molecule has 2 heterocycles. The van der Waals surface area contributed by atoms with Gasteiger partial charge in [0.1, 0.15) is 5.82 Å². The maximum absolute atomic E-state index is 14.0. The van der Waals surface area contributed by atoms with E-state index >= 15 is 0 Å². The van der Waals surface area contributed by atoms with Crippen LogP contribution in [0.4, 0.5) is 4.39 Å². The first-order chi connectivity index (χ1) is 11.7. The third kappa shape index (κ3) is 4.08. The van der Waals surface area contributed by atoms with E-state index in [1.807, 2.05) is 22.7 Å². The van der Waals surface area contributed by atoms with Gasteiger partial charge in [-0.15, -0.1) is 0 Å². The lowest BCUT2D eigenvalue weighted by molar-refractivity contribution is -0.136. The molecule has 1 amide bonds. The fraction of sp³-hybridized carbons (Fsp3) is 0.556. The summed E-state index contributed by atoms with van der Waals surface area (Å²) in [6, 6.07) is 6.59. The number of hydrogen-bond acceptors (Lipinski definition) is 4. The van der Waals surface area contributed by atoms with Gasteiger partial charge in [-0.25, -0.2) is 4.39 Å². The summed E-state index contributed by atoms with van der Waals surface area (Å²) in [5, 5.41) is 8.80. The number of hydrogen-bond donors (Lipinski definition) is 0. The topological polar surface area (TPSA) is 47.3 Å². The molecule has 2 fully saturated rings. The summed E-state index contributed by atoms with van der Waals surface area (Å²) >= 11 is 1.91. The Hall–Kier alpha value is -1.58. The molecule has 2 aliphatic rings. The van der Waals surface area contributed by atoms with E-state index < -0.39 is 0 Å². The predicted octanol–water partition coefficient (Wildman–Crippen LogP) is 2.48. The number of carbonyl (C=O) groups excluding carboxylic acids is 1. The second-order valence-electron chi connectivity index (χ2n) is 6.41. The van der Waals surface area contributed by atoms with Crippen LogP contribution in [0.5, 0.6) is 0 Å². The standard InChI is InChI=1S/C18H22FN3OS/c19-17-11-14(12-20)1-2-16(17)13-21-5-3-15(4-6-21)18(23)22-7-9-24-10-8-22/h1-2,11,15H,3-10,13H2. The van der Waals surface area contributed by atoms with Gasteiger partial charge in [0, 0.05) is 42.6 Å². The van der Waals surface area contributed by atoms with Crippen molar-refractivity contribution >= 4 is 17.7 Å². The fourth-order valence-corrected chi connectivity index (χ4v) is 4.27. The van der Waals surface area contributed by atoms with Crippen LogP contribution in [0.25, 0.3) is 0 Å². The number of thioether (sulfide) groups is 1. The molecular formula is C18H22FN3OS. The molecule has 6 heteroatoms. The minimum atomic E-state index is -0.321. The molecule has 0 aromatic heterocycles. The summed E-state index contributed by atoms with van der Waals surface area (Å²) in [6.45, 7) is 3.93. The number of benzene rings is 1. The minimum absolute atomic E-state index is 0.121. The van der Waals surface area contributed by atoms with Gasteiger partial charge >= 0.3 is 0 Å². The Kier molecular flexibility index (Phi) is 5.75. The molecule has 0 unspecified atom stereocenters. The second kappa shape index (κ2) is 8.00. The highest BCUT2D eigenvalue weighted by atomic mass is 32.2. The first-order valence-electron chi connectivity index (χ1n) is 8.45. The average molecular weight is 347 g/mol. The number of likely N-dealkylation sites (tertiary alicyclic amines) is 1. The van der Waals surface area contributed by atoms with Gasteiger partial charge in [-0.1, -0.05) is 6.07 Å². The predicted molar refractivity (Wildman–Crippen MR) is 93.0 cm³/mol. The highest BCUT2D eigenvalue weighted by molar-refractivity contribution is 7.99. The molecule has 128 valence electrons. The number of rotatable bonds is 3. The summed E-state index contributed by atoms with van der Waals surface area (Å²) in [6.07, 6.45) is 1.70. The molecule has 0 spiro atoms. The molecule has 2 saturated heterocycles. The van der Waals surface area contributed by atoms with Crippen LogP contribution in [-0.2, 0) is 11.3 Å². The molecule has 3 rings (SSSR count). The zero-order valence-electron chi connectivity index (χ0n) is 13.7. The zero-order valence-corrected chi connectivity index (χ0v) is 14.5. The maximum Gasteiger partial charge on any atom is 0.225 e. The van der Waals surface area contributed by atoms with E-state index in [-0.39, 0.29) is 11.7 Å². The van der Waals surface area contributed by atoms with Crippen molar-refractivity contribution < 1.29 is 9.18 Å². The number of nitriles is 1. The highest BCUT2D eigenvalue weighted by Crippen LogP contribution is 2.23. The highest BCUT2D eigenvalue weighted by Gasteiger charge is 2.29. The van der Waals surface area contributed by atoms with Crippen molar-refractivity contribution in [1.82, 2.24) is 9.80 Å². The van der Waals surface area contributed by atoms with Crippen LogP contribution in [0.2, 0.25) is 0 Å². The molecule has 0 aliphatic carbocycles. The lowest BCUT2D eigenvalue weighted by Crippen LogP contribution is -2.45. The molecule has 0 saturated carbocycles. The Morgan fingerprint density at radius 3 is 2.58 bits per heavy atom. The van der Waals surface area contributed by atoms with E-state index in [9.17, 15) is 9.18 Å². The Labute approximate surface area is 146 Å². The van der Waals surface area contributed by atoms with E-state index in [1.165, 1.54) is 6.07 Å². The first-order valence-corrected chi connectivity index (χ1v) is 9.60. The molecule has 0 radical (unpaired) electrons. The van der Waals surface area contributed by atoms with Crippen LogP contribution >= 0.6 is 11.8 Å². The molecule has 4 nitrogen and oxygen atoms in total. The molecule has 1 aromatic carbocycles. The van der Waals surface area contributed by atoms with Gasteiger partial charge < -0.3 is 4.90 Å². The SMILES string of the molecule is N#Cc1ccc(CN2CCC(C(=O)N3CCSCC3)CC2)c(F)c1. The smallest absolute Gasteiger partial charge is 0.225 e.